The van der Waals surface area contributed by atoms with Gasteiger partial charge in [-0.25, -0.2) is 4.39 Å². The second-order valence-electron chi connectivity index (χ2n) is 5.01. The summed E-state index contributed by atoms with van der Waals surface area (Å²) in [4.78, 5) is 17.0. The van der Waals surface area contributed by atoms with E-state index in [2.05, 4.69) is 4.99 Å². The summed E-state index contributed by atoms with van der Waals surface area (Å²) >= 11 is 7.31. The molecule has 1 amide bonds. The van der Waals surface area contributed by atoms with E-state index in [1.165, 1.54) is 29.5 Å². The van der Waals surface area contributed by atoms with Gasteiger partial charge in [-0.2, -0.15) is 4.99 Å². The number of halogens is 2. The van der Waals surface area contributed by atoms with Crippen LogP contribution in [0.2, 0.25) is 5.02 Å². The van der Waals surface area contributed by atoms with Gasteiger partial charge in [0.15, 0.2) is 4.80 Å². The molecule has 0 radical (unpaired) electrons. The molecule has 0 aliphatic rings. The third-order valence-electron chi connectivity index (χ3n) is 3.48. The van der Waals surface area contributed by atoms with Gasteiger partial charge in [0.05, 0.1) is 27.4 Å². The monoisotopic (exact) mass is 364 g/mol. The fraction of sp³-hybridized carbons (Fsp3) is 0.176. The van der Waals surface area contributed by atoms with Gasteiger partial charge in [-0.3, -0.25) is 4.79 Å². The zero-order chi connectivity index (χ0) is 17.1. The van der Waals surface area contributed by atoms with Gasteiger partial charge in [-0.1, -0.05) is 41.1 Å². The third-order valence-corrected chi connectivity index (χ3v) is 4.86. The van der Waals surface area contributed by atoms with Crippen LogP contribution >= 0.6 is 22.9 Å². The molecule has 0 unspecified atom stereocenters. The van der Waals surface area contributed by atoms with Crippen molar-refractivity contribution in [2.24, 2.45) is 4.99 Å². The highest BCUT2D eigenvalue weighted by Crippen LogP contribution is 2.21. The quantitative estimate of drug-likeness (QED) is 0.705. The number of nitrogens with zero attached hydrogens (tertiary/aromatic N) is 2. The SMILES string of the molecule is COCCn1c(=NC(=O)c2c(F)cccc2Cl)sc2ccccc21. The summed E-state index contributed by atoms with van der Waals surface area (Å²) in [6.45, 7) is 1.01. The van der Waals surface area contributed by atoms with Crippen LogP contribution in [0.5, 0.6) is 0 Å². The van der Waals surface area contributed by atoms with Gasteiger partial charge in [-0.15, -0.1) is 0 Å². The molecular weight excluding hydrogens is 351 g/mol. The van der Waals surface area contributed by atoms with Crippen molar-refractivity contribution in [2.75, 3.05) is 13.7 Å². The van der Waals surface area contributed by atoms with E-state index in [1.54, 1.807) is 7.11 Å². The first-order chi connectivity index (χ1) is 11.6. The number of fused-ring (bicyclic) bond motifs is 1. The number of methoxy groups -OCH3 is 1. The van der Waals surface area contributed by atoms with Crippen LogP contribution in [0.4, 0.5) is 4.39 Å². The van der Waals surface area contributed by atoms with Gasteiger partial charge in [0, 0.05) is 13.7 Å². The Balaban J connectivity index is 2.14. The molecule has 3 rings (SSSR count). The lowest BCUT2D eigenvalue weighted by Gasteiger charge is -2.04. The standard InChI is InChI=1S/C17H14ClFN2O2S/c1-23-10-9-21-13-7-2-3-8-14(13)24-17(21)20-16(22)15-11(18)5-4-6-12(15)19/h2-8H,9-10H2,1H3. The Labute approximate surface area is 146 Å². The predicted octanol–water partition coefficient (Wildman–Crippen LogP) is 3.88. The second kappa shape index (κ2) is 7.25. The lowest BCUT2D eigenvalue weighted by atomic mass is 10.2. The Bertz CT molecular complexity index is 944. The van der Waals surface area contributed by atoms with E-state index in [1.807, 2.05) is 28.8 Å². The van der Waals surface area contributed by atoms with Crippen molar-refractivity contribution >= 4 is 39.1 Å². The minimum atomic E-state index is -0.698. The fourth-order valence-corrected chi connectivity index (χ4v) is 3.65. The number of carbonyl (C=O) groups excluding carboxylic acids is 1. The van der Waals surface area contributed by atoms with E-state index in [9.17, 15) is 9.18 Å². The lowest BCUT2D eigenvalue weighted by molar-refractivity contribution is 0.0993. The molecule has 1 heterocycles. The van der Waals surface area contributed by atoms with E-state index < -0.39 is 11.7 Å². The average molecular weight is 365 g/mol. The first-order valence-electron chi connectivity index (χ1n) is 7.22. The van der Waals surface area contributed by atoms with Crippen LogP contribution in [-0.2, 0) is 11.3 Å². The zero-order valence-electron chi connectivity index (χ0n) is 12.8. The summed E-state index contributed by atoms with van der Waals surface area (Å²) in [6, 6.07) is 11.8. The highest BCUT2D eigenvalue weighted by atomic mass is 35.5. The maximum Gasteiger partial charge on any atom is 0.284 e. The van der Waals surface area contributed by atoms with E-state index in [0.29, 0.717) is 18.0 Å². The normalized spacial score (nSPS) is 12.0. The molecule has 0 saturated heterocycles. The van der Waals surface area contributed by atoms with Gasteiger partial charge in [0.1, 0.15) is 5.82 Å². The van der Waals surface area contributed by atoms with Crippen molar-refractivity contribution in [3.8, 4) is 0 Å². The third kappa shape index (κ3) is 3.26. The average Bonchev–Trinajstić information content (AvgIpc) is 2.90. The van der Waals surface area contributed by atoms with E-state index in [-0.39, 0.29) is 10.6 Å². The Kier molecular flexibility index (Phi) is 5.08. The molecule has 0 spiro atoms. The molecule has 0 saturated carbocycles. The minimum Gasteiger partial charge on any atom is -0.383 e. The van der Waals surface area contributed by atoms with Gasteiger partial charge in [-0.05, 0) is 24.3 Å². The summed E-state index contributed by atoms with van der Waals surface area (Å²) in [5, 5.41) is 0.0494. The summed E-state index contributed by atoms with van der Waals surface area (Å²) in [5.74, 6) is -1.38. The van der Waals surface area contributed by atoms with Crippen molar-refractivity contribution in [2.45, 2.75) is 6.54 Å². The number of rotatable bonds is 4. The minimum absolute atomic E-state index is 0.0494. The molecule has 24 heavy (non-hydrogen) atoms. The Morgan fingerprint density at radius 3 is 2.83 bits per heavy atom. The molecule has 7 heteroatoms. The number of thiazole rings is 1. The highest BCUT2D eigenvalue weighted by Gasteiger charge is 2.16. The van der Waals surface area contributed by atoms with Gasteiger partial charge in [0.25, 0.3) is 5.91 Å². The van der Waals surface area contributed by atoms with Crippen molar-refractivity contribution in [1.82, 2.24) is 4.57 Å². The highest BCUT2D eigenvalue weighted by molar-refractivity contribution is 7.16. The van der Waals surface area contributed by atoms with Crippen molar-refractivity contribution in [3.63, 3.8) is 0 Å². The van der Waals surface area contributed by atoms with Crippen LogP contribution in [-0.4, -0.2) is 24.2 Å². The smallest absolute Gasteiger partial charge is 0.284 e. The summed E-state index contributed by atoms with van der Waals surface area (Å²) in [7, 11) is 1.61. The molecular formula is C17H14ClFN2O2S. The molecule has 124 valence electrons. The number of benzene rings is 2. The molecule has 0 bridgehead atoms. The number of hydrogen-bond donors (Lipinski definition) is 0. The molecule has 0 aliphatic heterocycles. The van der Waals surface area contributed by atoms with Crippen LogP contribution in [0.25, 0.3) is 10.2 Å². The molecule has 0 fully saturated rings. The van der Waals surface area contributed by atoms with E-state index in [4.69, 9.17) is 16.3 Å². The van der Waals surface area contributed by atoms with Crippen molar-refractivity contribution in [1.29, 1.82) is 0 Å². The van der Waals surface area contributed by atoms with Gasteiger partial charge < -0.3 is 9.30 Å². The van der Waals surface area contributed by atoms with Crippen molar-refractivity contribution < 1.29 is 13.9 Å². The van der Waals surface area contributed by atoms with Crippen LogP contribution in [0.3, 0.4) is 0 Å². The second-order valence-corrected chi connectivity index (χ2v) is 6.43. The number of para-hydroxylation sites is 1. The van der Waals surface area contributed by atoms with Crippen LogP contribution < -0.4 is 4.80 Å². The maximum absolute atomic E-state index is 13.9. The molecule has 1 aromatic heterocycles. The largest absolute Gasteiger partial charge is 0.383 e. The van der Waals surface area contributed by atoms with Gasteiger partial charge in [0.2, 0.25) is 0 Å². The molecule has 0 N–H and O–H groups in total. The van der Waals surface area contributed by atoms with Crippen LogP contribution in [0.1, 0.15) is 10.4 Å². The molecule has 0 atom stereocenters. The van der Waals surface area contributed by atoms with Crippen LogP contribution in [0.15, 0.2) is 47.5 Å². The summed E-state index contributed by atoms with van der Waals surface area (Å²) in [5.41, 5.74) is 0.737. The lowest BCUT2D eigenvalue weighted by Crippen LogP contribution is -2.19. The number of hydrogen-bond acceptors (Lipinski definition) is 3. The van der Waals surface area contributed by atoms with Gasteiger partial charge >= 0.3 is 0 Å². The van der Waals surface area contributed by atoms with Crippen LogP contribution in [0, 0.1) is 5.82 Å². The first-order valence-corrected chi connectivity index (χ1v) is 8.41. The van der Waals surface area contributed by atoms with Crippen molar-refractivity contribution in [3.05, 3.63) is 63.7 Å². The van der Waals surface area contributed by atoms with E-state index >= 15 is 0 Å². The summed E-state index contributed by atoms with van der Waals surface area (Å²) in [6.07, 6.45) is 0. The zero-order valence-corrected chi connectivity index (χ0v) is 14.4. The fourth-order valence-electron chi connectivity index (χ4n) is 2.35. The number of aromatic nitrogens is 1. The molecule has 3 aromatic rings. The number of carbonyl (C=O) groups is 1. The van der Waals surface area contributed by atoms with E-state index in [0.717, 1.165) is 10.2 Å². The molecule has 4 nitrogen and oxygen atoms in total. The predicted molar refractivity (Wildman–Crippen MR) is 93.0 cm³/mol. The Morgan fingerprint density at radius 2 is 2.08 bits per heavy atom. The number of ether oxygens (including phenoxy) is 1. The summed E-state index contributed by atoms with van der Waals surface area (Å²) < 4.78 is 21.9. The maximum atomic E-state index is 13.9. The first kappa shape index (κ1) is 16.8. The molecule has 0 aliphatic carbocycles. The Morgan fingerprint density at radius 1 is 1.29 bits per heavy atom. The Hall–Kier alpha value is -2.02. The number of amides is 1. The topological polar surface area (TPSA) is 43.6 Å². The molecule has 2 aromatic carbocycles.